The fourth-order valence-electron chi connectivity index (χ4n) is 3.12. The summed E-state index contributed by atoms with van der Waals surface area (Å²) >= 11 is 0. The van der Waals surface area contributed by atoms with Gasteiger partial charge in [0, 0.05) is 30.9 Å². The van der Waals surface area contributed by atoms with Gasteiger partial charge in [0.1, 0.15) is 0 Å². The first kappa shape index (κ1) is 18.3. The van der Waals surface area contributed by atoms with Crippen LogP contribution in [0, 0.1) is 0 Å². The maximum absolute atomic E-state index is 12.7. The molecule has 3 nitrogen and oxygen atoms in total. The van der Waals surface area contributed by atoms with Gasteiger partial charge in [-0.3, -0.25) is 4.79 Å². The zero-order valence-electron chi connectivity index (χ0n) is 14.4. The molecule has 3 rings (SSSR count). The van der Waals surface area contributed by atoms with Crippen LogP contribution >= 0.6 is 0 Å². The van der Waals surface area contributed by atoms with Crippen LogP contribution in [-0.2, 0) is 12.7 Å². The standard InChI is InChI=1S/C20H21F3N2O/c21-20(22,23)17-6-4-5-15(13-17)14-24-19(26)16-7-9-18(10-8-16)25-11-2-1-3-12-25/h4-10,13H,1-3,11-12,14H2,(H,24,26). The predicted octanol–water partition coefficient (Wildman–Crippen LogP) is 4.63. The minimum absolute atomic E-state index is 0.0522. The van der Waals surface area contributed by atoms with Gasteiger partial charge in [-0.25, -0.2) is 0 Å². The second-order valence-corrected chi connectivity index (χ2v) is 6.48. The largest absolute Gasteiger partial charge is 0.416 e. The molecule has 0 aromatic heterocycles. The first-order valence-corrected chi connectivity index (χ1v) is 8.73. The molecule has 1 saturated heterocycles. The zero-order chi connectivity index (χ0) is 18.6. The lowest BCUT2D eigenvalue weighted by Gasteiger charge is -2.28. The summed E-state index contributed by atoms with van der Waals surface area (Å²) in [5.41, 5.74) is 1.30. The maximum atomic E-state index is 12.7. The molecule has 0 unspecified atom stereocenters. The Bertz CT molecular complexity index is 750. The summed E-state index contributed by atoms with van der Waals surface area (Å²) in [6, 6.07) is 12.3. The number of hydrogen-bond donors (Lipinski definition) is 1. The number of amides is 1. The van der Waals surface area contributed by atoms with Crippen molar-refractivity contribution in [2.45, 2.75) is 32.0 Å². The monoisotopic (exact) mass is 362 g/mol. The Morgan fingerprint density at radius 3 is 2.35 bits per heavy atom. The Labute approximate surface area is 150 Å². The molecule has 1 aliphatic heterocycles. The minimum atomic E-state index is -4.38. The summed E-state index contributed by atoms with van der Waals surface area (Å²) in [5.74, 6) is -0.299. The summed E-state index contributed by atoms with van der Waals surface area (Å²) in [5, 5.41) is 2.67. The van der Waals surface area contributed by atoms with Gasteiger partial charge < -0.3 is 10.2 Å². The Morgan fingerprint density at radius 2 is 1.69 bits per heavy atom. The molecule has 0 saturated carbocycles. The Hall–Kier alpha value is -2.50. The van der Waals surface area contributed by atoms with Crippen molar-refractivity contribution in [3.63, 3.8) is 0 Å². The Balaban J connectivity index is 1.60. The minimum Gasteiger partial charge on any atom is -0.372 e. The molecule has 1 fully saturated rings. The molecular formula is C20H21F3N2O. The van der Waals surface area contributed by atoms with E-state index in [0.717, 1.165) is 30.9 Å². The lowest BCUT2D eigenvalue weighted by atomic mass is 10.1. The highest BCUT2D eigenvalue weighted by Crippen LogP contribution is 2.29. The van der Waals surface area contributed by atoms with Gasteiger partial charge in [-0.15, -0.1) is 0 Å². The number of anilines is 1. The molecule has 26 heavy (non-hydrogen) atoms. The zero-order valence-corrected chi connectivity index (χ0v) is 14.4. The number of carbonyl (C=O) groups is 1. The fraction of sp³-hybridized carbons (Fsp3) is 0.350. The van der Waals surface area contributed by atoms with E-state index in [2.05, 4.69) is 10.2 Å². The molecule has 0 bridgehead atoms. The predicted molar refractivity (Wildman–Crippen MR) is 95.1 cm³/mol. The third kappa shape index (κ3) is 4.56. The van der Waals surface area contributed by atoms with E-state index in [-0.39, 0.29) is 12.5 Å². The van der Waals surface area contributed by atoms with Crippen LogP contribution in [0.15, 0.2) is 48.5 Å². The molecule has 138 valence electrons. The topological polar surface area (TPSA) is 32.3 Å². The van der Waals surface area contributed by atoms with Gasteiger partial charge >= 0.3 is 6.18 Å². The van der Waals surface area contributed by atoms with Crippen LogP contribution in [0.25, 0.3) is 0 Å². The highest BCUT2D eigenvalue weighted by Gasteiger charge is 2.30. The molecule has 0 radical (unpaired) electrons. The van der Waals surface area contributed by atoms with Crippen molar-refractivity contribution in [2.75, 3.05) is 18.0 Å². The fourth-order valence-corrected chi connectivity index (χ4v) is 3.12. The average Bonchev–Trinajstić information content (AvgIpc) is 2.66. The van der Waals surface area contributed by atoms with E-state index >= 15 is 0 Å². The van der Waals surface area contributed by atoms with Gasteiger partial charge in [0.05, 0.1) is 5.56 Å². The van der Waals surface area contributed by atoms with Gasteiger partial charge in [-0.1, -0.05) is 12.1 Å². The summed E-state index contributed by atoms with van der Waals surface area (Å²) in [4.78, 5) is 14.5. The van der Waals surface area contributed by atoms with E-state index in [4.69, 9.17) is 0 Å². The number of piperidine rings is 1. The van der Waals surface area contributed by atoms with E-state index in [1.807, 2.05) is 12.1 Å². The SMILES string of the molecule is O=C(NCc1cccc(C(F)(F)F)c1)c1ccc(N2CCCCC2)cc1. The van der Waals surface area contributed by atoms with E-state index in [0.29, 0.717) is 11.1 Å². The molecule has 0 atom stereocenters. The summed E-state index contributed by atoms with van der Waals surface area (Å²) in [6.45, 7) is 2.11. The lowest BCUT2D eigenvalue weighted by Crippen LogP contribution is -2.29. The molecule has 0 aliphatic carbocycles. The highest BCUT2D eigenvalue weighted by atomic mass is 19.4. The van der Waals surface area contributed by atoms with Crippen LogP contribution in [0.5, 0.6) is 0 Å². The van der Waals surface area contributed by atoms with Gasteiger partial charge in [0.15, 0.2) is 0 Å². The summed E-state index contributed by atoms with van der Waals surface area (Å²) in [7, 11) is 0. The number of hydrogen-bond acceptors (Lipinski definition) is 2. The smallest absolute Gasteiger partial charge is 0.372 e. The number of nitrogens with zero attached hydrogens (tertiary/aromatic N) is 1. The number of carbonyl (C=O) groups excluding carboxylic acids is 1. The lowest BCUT2D eigenvalue weighted by molar-refractivity contribution is -0.137. The van der Waals surface area contributed by atoms with Crippen LogP contribution in [0.2, 0.25) is 0 Å². The third-order valence-electron chi connectivity index (χ3n) is 4.56. The van der Waals surface area contributed by atoms with Crippen LogP contribution in [-0.4, -0.2) is 19.0 Å². The van der Waals surface area contributed by atoms with Crippen molar-refractivity contribution in [3.05, 3.63) is 65.2 Å². The summed E-state index contributed by atoms with van der Waals surface area (Å²) in [6.07, 6.45) is -0.769. The number of alkyl halides is 3. The van der Waals surface area contributed by atoms with Crippen molar-refractivity contribution in [2.24, 2.45) is 0 Å². The molecule has 1 N–H and O–H groups in total. The van der Waals surface area contributed by atoms with Crippen molar-refractivity contribution in [1.82, 2.24) is 5.32 Å². The van der Waals surface area contributed by atoms with Crippen molar-refractivity contribution >= 4 is 11.6 Å². The van der Waals surface area contributed by atoms with Crippen LogP contribution < -0.4 is 10.2 Å². The first-order chi connectivity index (χ1) is 12.4. The first-order valence-electron chi connectivity index (χ1n) is 8.73. The Kier molecular flexibility index (Phi) is 5.49. The molecule has 2 aromatic rings. The van der Waals surface area contributed by atoms with Crippen molar-refractivity contribution < 1.29 is 18.0 Å². The number of benzene rings is 2. The molecule has 1 aliphatic rings. The van der Waals surface area contributed by atoms with Gasteiger partial charge in [-0.05, 0) is 61.2 Å². The number of halogens is 3. The van der Waals surface area contributed by atoms with Crippen molar-refractivity contribution in [1.29, 1.82) is 0 Å². The molecule has 1 amide bonds. The van der Waals surface area contributed by atoms with Gasteiger partial charge in [-0.2, -0.15) is 13.2 Å². The highest BCUT2D eigenvalue weighted by molar-refractivity contribution is 5.94. The van der Waals surface area contributed by atoms with E-state index < -0.39 is 11.7 Å². The molecule has 6 heteroatoms. The average molecular weight is 362 g/mol. The second-order valence-electron chi connectivity index (χ2n) is 6.48. The van der Waals surface area contributed by atoms with Crippen LogP contribution in [0.3, 0.4) is 0 Å². The van der Waals surface area contributed by atoms with E-state index in [1.54, 1.807) is 18.2 Å². The van der Waals surface area contributed by atoms with Gasteiger partial charge in [0.2, 0.25) is 0 Å². The molecule has 2 aromatic carbocycles. The quantitative estimate of drug-likeness (QED) is 0.860. The number of rotatable bonds is 4. The summed E-state index contributed by atoms with van der Waals surface area (Å²) < 4.78 is 38.2. The van der Waals surface area contributed by atoms with Crippen LogP contribution in [0.4, 0.5) is 18.9 Å². The molecule has 1 heterocycles. The molecular weight excluding hydrogens is 341 g/mol. The molecule has 0 spiro atoms. The normalized spacial score (nSPS) is 15.0. The third-order valence-corrected chi connectivity index (χ3v) is 4.56. The number of nitrogens with one attached hydrogen (secondary N) is 1. The van der Waals surface area contributed by atoms with Crippen LogP contribution in [0.1, 0.15) is 40.7 Å². The Morgan fingerprint density at radius 1 is 1.00 bits per heavy atom. The maximum Gasteiger partial charge on any atom is 0.416 e. The second kappa shape index (κ2) is 7.81. The van der Waals surface area contributed by atoms with E-state index in [9.17, 15) is 18.0 Å². The van der Waals surface area contributed by atoms with E-state index in [1.165, 1.54) is 25.3 Å². The van der Waals surface area contributed by atoms with Gasteiger partial charge in [0.25, 0.3) is 5.91 Å². The van der Waals surface area contributed by atoms with Crippen molar-refractivity contribution in [3.8, 4) is 0 Å².